The standard InChI is InChI=1S/C12H7ClINO3/c13-7-5-6-10(15-11(7)12(16)17)18-9-4-2-1-3-8(9)14/h1-6H,(H,16,17). The van der Waals surface area contributed by atoms with Crippen LogP contribution in [0.2, 0.25) is 5.02 Å². The van der Waals surface area contributed by atoms with Gasteiger partial charge in [0.05, 0.1) is 8.59 Å². The molecule has 18 heavy (non-hydrogen) atoms. The number of aromatic carboxylic acids is 1. The first-order chi connectivity index (χ1) is 8.58. The van der Waals surface area contributed by atoms with Gasteiger partial charge in [-0.2, -0.15) is 0 Å². The molecule has 4 nitrogen and oxygen atoms in total. The summed E-state index contributed by atoms with van der Waals surface area (Å²) in [5.41, 5.74) is -0.222. The van der Waals surface area contributed by atoms with Crippen LogP contribution in [0.3, 0.4) is 0 Å². The van der Waals surface area contributed by atoms with Gasteiger partial charge in [0, 0.05) is 6.07 Å². The van der Waals surface area contributed by atoms with Crippen molar-refractivity contribution in [3.63, 3.8) is 0 Å². The predicted octanol–water partition coefficient (Wildman–Crippen LogP) is 3.83. The number of hydrogen-bond donors (Lipinski definition) is 1. The van der Waals surface area contributed by atoms with E-state index in [0.29, 0.717) is 5.75 Å². The van der Waals surface area contributed by atoms with Gasteiger partial charge in [-0.3, -0.25) is 0 Å². The Morgan fingerprint density at radius 3 is 2.67 bits per heavy atom. The highest BCUT2D eigenvalue weighted by molar-refractivity contribution is 14.1. The van der Waals surface area contributed by atoms with Gasteiger partial charge in [0.2, 0.25) is 5.88 Å². The molecule has 1 N–H and O–H groups in total. The van der Waals surface area contributed by atoms with Crippen molar-refractivity contribution in [3.8, 4) is 11.6 Å². The summed E-state index contributed by atoms with van der Waals surface area (Å²) < 4.78 is 6.42. The molecule has 0 aliphatic rings. The van der Waals surface area contributed by atoms with Crippen molar-refractivity contribution >= 4 is 40.2 Å². The summed E-state index contributed by atoms with van der Waals surface area (Å²) >= 11 is 7.85. The summed E-state index contributed by atoms with van der Waals surface area (Å²) in [6.07, 6.45) is 0. The molecule has 0 aliphatic carbocycles. The van der Waals surface area contributed by atoms with E-state index < -0.39 is 5.97 Å². The zero-order valence-electron chi connectivity index (χ0n) is 8.93. The normalized spacial score (nSPS) is 10.1. The molecule has 0 unspecified atom stereocenters. The van der Waals surface area contributed by atoms with Crippen LogP contribution in [0.15, 0.2) is 36.4 Å². The Hall–Kier alpha value is -1.34. The largest absolute Gasteiger partial charge is 0.476 e. The maximum Gasteiger partial charge on any atom is 0.356 e. The fraction of sp³-hybridized carbons (Fsp3) is 0. The van der Waals surface area contributed by atoms with Crippen LogP contribution in [0.4, 0.5) is 0 Å². The summed E-state index contributed by atoms with van der Waals surface area (Å²) in [4.78, 5) is 14.7. The lowest BCUT2D eigenvalue weighted by molar-refractivity contribution is 0.0690. The Bertz CT molecular complexity index is 604. The van der Waals surface area contributed by atoms with E-state index in [2.05, 4.69) is 27.6 Å². The van der Waals surface area contributed by atoms with Crippen LogP contribution >= 0.6 is 34.2 Å². The van der Waals surface area contributed by atoms with Gasteiger partial charge in [-0.05, 0) is 40.8 Å². The van der Waals surface area contributed by atoms with E-state index in [-0.39, 0.29) is 16.6 Å². The minimum atomic E-state index is -1.19. The lowest BCUT2D eigenvalue weighted by Crippen LogP contribution is -2.02. The Labute approximate surface area is 122 Å². The van der Waals surface area contributed by atoms with E-state index in [1.807, 2.05) is 18.2 Å². The molecule has 0 saturated heterocycles. The Morgan fingerprint density at radius 2 is 2.00 bits per heavy atom. The predicted molar refractivity (Wildman–Crippen MR) is 75.4 cm³/mol. The zero-order chi connectivity index (χ0) is 13.1. The van der Waals surface area contributed by atoms with Gasteiger partial charge in [-0.25, -0.2) is 9.78 Å². The lowest BCUT2D eigenvalue weighted by Gasteiger charge is -2.07. The molecule has 0 spiro atoms. The zero-order valence-corrected chi connectivity index (χ0v) is 11.8. The molecule has 0 fully saturated rings. The van der Waals surface area contributed by atoms with Gasteiger partial charge >= 0.3 is 5.97 Å². The van der Waals surface area contributed by atoms with Crippen molar-refractivity contribution in [1.29, 1.82) is 0 Å². The second kappa shape index (κ2) is 5.53. The first kappa shape index (κ1) is 13.1. The number of aromatic nitrogens is 1. The van der Waals surface area contributed by atoms with Crippen LogP contribution in [-0.4, -0.2) is 16.1 Å². The number of hydrogen-bond acceptors (Lipinski definition) is 3. The van der Waals surface area contributed by atoms with Crippen molar-refractivity contribution in [2.75, 3.05) is 0 Å². The van der Waals surface area contributed by atoms with Gasteiger partial charge in [-0.15, -0.1) is 0 Å². The number of para-hydroxylation sites is 1. The highest BCUT2D eigenvalue weighted by Gasteiger charge is 2.12. The summed E-state index contributed by atoms with van der Waals surface area (Å²) in [6, 6.07) is 10.3. The molecule has 0 bridgehead atoms. The quantitative estimate of drug-likeness (QED) is 0.828. The minimum Gasteiger partial charge on any atom is -0.476 e. The molecule has 1 heterocycles. The number of ether oxygens (including phenoxy) is 1. The molecule has 92 valence electrons. The van der Waals surface area contributed by atoms with Crippen LogP contribution in [0.1, 0.15) is 10.5 Å². The number of rotatable bonds is 3. The molecule has 0 aliphatic heterocycles. The molecular weight excluding hydrogens is 368 g/mol. The highest BCUT2D eigenvalue weighted by atomic mass is 127. The second-order valence-electron chi connectivity index (χ2n) is 3.32. The molecule has 6 heteroatoms. The molecule has 1 aromatic heterocycles. The van der Waals surface area contributed by atoms with E-state index in [1.165, 1.54) is 12.1 Å². The molecular formula is C12H7ClINO3. The number of carbonyl (C=O) groups is 1. The highest BCUT2D eigenvalue weighted by Crippen LogP contribution is 2.26. The second-order valence-corrected chi connectivity index (χ2v) is 4.89. The van der Waals surface area contributed by atoms with E-state index >= 15 is 0 Å². The van der Waals surface area contributed by atoms with Crippen molar-refractivity contribution < 1.29 is 14.6 Å². The van der Waals surface area contributed by atoms with Crippen molar-refractivity contribution in [3.05, 3.63) is 50.7 Å². The van der Waals surface area contributed by atoms with Crippen LogP contribution < -0.4 is 4.74 Å². The third kappa shape index (κ3) is 2.91. The van der Waals surface area contributed by atoms with E-state index in [1.54, 1.807) is 6.07 Å². The summed E-state index contributed by atoms with van der Waals surface area (Å²) in [7, 11) is 0. The molecule has 0 atom stereocenters. The summed E-state index contributed by atoms with van der Waals surface area (Å²) in [6.45, 7) is 0. The van der Waals surface area contributed by atoms with E-state index in [4.69, 9.17) is 21.4 Å². The molecule has 2 rings (SSSR count). The van der Waals surface area contributed by atoms with Crippen LogP contribution in [-0.2, 0) is 0 Å². The smallest absolute Gasteiger partial charge is 0.356 e. The third-order valence-electron chi connectivity index (χ3n) is 2.07. The number of nitrogens with zero attached hydrogens (tertiary/aromatic N) is 1. The van der Waals surface area contributed by atoms with Crippen LogP contribution in [0.25, 0.3) is 0 Å². The van der Waals surface area contributed by atoms with Gasteiger partial charge in [-0.1, -0.05) is 23.7 Å². The molecule has 1 aromatic carbocycles. The van der Waals surface area contributed by atoms with E-state index in [9.17, 15) is 4.79 Å². The Morgan fingerprint density at radius 1 is 1.28 bits per heavy atom. The van der Waals surface area contributed by atoms with E-state index in [0.717, 1.165) is 3.57 Å². The fourth-order valence-corrected chi connectivity index (χ4v) is 1.95. The topological polar surface area (TPSA) is 59.4 Å². The molecule has 0 amide bonds. The van der Waals surface area contributed by atoms with Crippen molar-refractivity contribution in [2.24, 2.45) is 0 Å². The van der Waals surface area contributed by atoms with Gasteiger partial charge in [0.25, 0.3) is 0 Å². The maximum absolute atomic E-state index is 10.9. The fourth-order valence-electron chi connectivity index (χ4n) is 1.27. The summed E-state index contributed by atoms with van der Waals surface area (Å²) in [5, 5.41) is 8.99. The Balaban J connectivity index is 2.33. The van der Waals surface area contributed by atoms with Gasteiger partial charge < -0.3 is 9.84 Å². The van der Waals surface area contributed by atoms with Crippen molar-refractivity contribution in [1.82, 2.24) is 4.98 Å². The number of carboxylic acids is 1. The van der Waals surface area contributed by atoms with Gasteiger partial charge in [0.15, 0.2) is 5.69 Å². The number of halogens is 2. The summed E-state index contributed by atoms with van der Waals surface area (Å²) in [5.74, 6) is -0.376. The number of pyridine rings is 1. The number of benzene rings is 1. The minimum absolute atomic E-state index is 0.0811. The maximum atomic E-state index is 10.9. The number of carboxylic acid groups (broad SMARTS) is 1. The monoisotopic (exact) mass is 375 g/mol. The van der Waals surface area contributed by atoms with Crippen LogP contribution in [0, 0.1) is 3.57 Å². The molecule has 2 aromatic rings. The Kier molecular flexibility index (Phi) is 4.03. The molecule has 0 radical (unpaired) electrons. The first-order valence-corrected chi connectivity index (χ1v) is 6.36. The average Bonchev–Trinajstić information content (AvgIpc) is 2.34. The third-order valence-corrected chi connectivity index (χ3v) is 3.27. The van der Waals surface area contributed by atoms with Gasteiger partial charge in [0.1, 0.15) is 5.75 Å². The first-order valence-electron chi connectivity index (χ1n) is 4.90. The van der Waals surface area contributed by atoms with Crippen LogP contribution in [0.5, 0.6) is 11.6 Å². The SMILES string of the molecule is O=C(O)c1nc(Oc2ccccc2I)ccc1Cl. The van der Waals surface area contributed by atoms with Crippen molar-refractivity contribution in [2.45, 2.75) is 0 Å². The lowest BCUT2D eigenvalue weighted by atomic mass is 10.3. The molecule has 0 saturated carbocycles. The average molecular weight is 376 g/mol.